The molecule has 0 aliphatic heterocycles. The van der Waals surface area contributed by atoms with Gasteiger partial charge in [-0.25, -0.2) is 4.39 Å². The van der Waals surface area contributed by atoms with Crippen LogP contribution in [0.4, 0.5) is 10.1 Å². The Morgan fingerprint density at radius 1 is 0.889 bits per heavy atom. The van der Waals surface area contributed by atoms with Crippen molar-refractivity contribution in [3.63, 3.8) is 0 Å². The van der Waals surface area contributed by atoms with Crippen LogP contribution < -0.4 is 5.32 Å². The van der Waals surface area contributed by atoms with Gasteiger partial charge in [0.1, 0.15) is 10.2 Å². The van der Waals surface area contributed by atoms with Crippen LogP contribution in [0.5, 0.6) is 0 Å². The van der Waals surface area contributed by atoms with Gasteiger partial charge >= 0.3 is 0 Å². The summed E-state index contributed by atoms with van der Waals surface area (Å²) in [6.45, 7) is 0. The minimum atomic E-state index is -1.37. The topological polar surface area (TPSA) is 46.2 Å². The number of rotatable bonds is 8. The molecule has 2 atom stereocenters. The van der Waals surface area contributed by atoms with Crippen LogP contribution in [0.3, 0.4) is 0 Å². The Kier molecular flexibility index (Phi) is 8.45. The molecule has 1 aliphatic rings. The molecule has 3 aromatic rings. The first-order valence-corrected chi connectivity index (χ1v) is 13.2. The predicted octanol–water partition coefficient (Wildman–Crippen LogP) is 9.17. The molecular weight excluding hydrogens is 590 g/mol. The van der Waals surface area contributed by atoms with Crippen LogP contribution >= 0.6 is 69.6 Å². The van der Waals surface area contributed by atoms with E-state index in [9.17, 15) is 14.0 Å². The van der Waals surface area contributed by atoms with E-state index in [1.165, 1.54) is 18.2 Å². The maximum Gasteiger partial charge on any atom is 0.231 e. The third kappa shape index (κ3) is 5.96. The van der Waals surface area contributed by atoms with E-state index in [0.29, 0.717) is 29.7 Å². The number of nitrogens with one attached hydrogen (secondary N) is 1. The minimum Gasteiger partial charge on any atom is -0.326 e. The Labute approximate surface area is 237 Å². The van der Waals surface area contributed by atoms with Crippen molar-refractivity contribution in [3.05, 3.63) is 97.2 Å². The van der Waals surface area contributed by atoms with Gasteiger partial charge in [0.15, 0.2) is 5.78 Å². The normalized spacial score (nSPS) is 18.1. The second kappa shape index (κ2) is 11.1. The highest BCUT2D eigenvalue weighted by Crippen LogP contribution is 2.65. The van der Waals surface area contributed by atoms with E-state index in [4.69, 9.17) is 69.6 Å². The molecule has 0 saturated heterocycles. The van der Waals surface area contributed by atoms with Gasteiger partial charge in [0.05, 0.1) is 26.0 Å². The van der Waals surface area contributed by atoms with Crippen molar-refractivity contribution in [2.75, 3.05) is 5.32 Å². The van der Waals surface area contributed by atoms with E-state index in [1.807, 2.05) is 0 Å². The smallest absolute Gasteiger partial charge is 0.231 e. The fourth-order valence-corrected chi connectivity index (χ4v) is 5.76. The molecule has 2 unspecified atom stereocenters. The summed E-state index contributed by atoms with van der Waals surface area (Å²) >= 11 is 37.4. The van der Waals surface area contributed by atoms with Gasteiger partial charge in [0, 0.05) is 23.6 Å². The molecule has 1 N–H and O–H groups in total. The average molecular weight is 608 g/mol. The molecule has 0 aromatic heterocycles. The summed E-state index contributed by atoms with van der Waals surface area (Å²) in [7, 11) is 0. The van der Waals surface area contributed by atoms with Gasteiger partial charge in [0.2, 0.25) is 5.91 Å². The molecule has 3 aromatic carbocycles. The zero-order valence-electron chi connectivity index (χ0n) is 18.4. The van der Waals surface area contributed by atoms with Crippen molar-refractivity contribution in [2.24, 2.45) is 5.92 Å². The SMILES string of the molecule is O=C(CCCc1ccc(F)cc1)c1cc(NC(=O)C2C(c3cc(Cl)c(Cl)c(Cl)c3)C2(Cl)Cl)ccc1Cl. The third-order valence-corrected chi connectivity index (χ3v) is 8.48. The number of ketones is 1. The lowest BCUT2D eigenvalue weighted by Gasteiger charge is -2.09. The molecule has 188 valence electrons. The van der Waals surface area contributed by atoms with E-state index in [0.717, 1.165) is 5.56 Å². The van der Waals surface area contributed by atoms with Crippen LogP contribution in [-0.2, 0) is 11.2 Å². The van der Waals surface area contributed by atoms with Crippen molar-refractivity contribution in [3.8, 4) is 0 Å². The van der Waals surface area contributed by atoms with Crippen molar-refractivity contribution < 1.29 is 14.0 Å². The molecule has 0 spiro atoms. The van der Waals surface area contributed by atoms with Crippen LogP contribution in [-0.4, -0.2) is 16.0 Å². The summed E-state index contributed by atoms with van der Waals surface area (Å²) < 4.78 is 11.7. The number of anilines is 1. The molecule has 0 radical (unpaired) electrons. The average Bonchev–Trinajstić information content (AvgIpc) is 3.41. The van der Waals surface area contributed by atoms with Crippen LogP contribution in [0.1, 0.15) is 40.2 Å². The molecule has 10 heteroatoms. The molecule has 36 heavy (non-hydrogen) atoms. The summed E-state index contributed by atoms with van der Waals surface area (Å²) in [6.07, 6.45) is 1.42. The van der Waals surface area contributed by atoms with Gasteiger partial charge in [-0.2, -0.15) is 0 Å². The van der Waals surface area contributed by atoms with Gasteiger partial charge in [-0.05, 0) is 66.4 Å². The van der Waals surface area contributed by atoms with Gasteiger partial charge < -0.3 is 5.32 Å². The number of carbonyl (C=O) groups excluding carboxylic acids is 2. The van der Waals surface area contributed by atoms with Gasteiger partial charge in [0.25, 0.3) is 0 Å². The highest BCUT2D eigenvalue weighted by molar-refractivity contribution is 6.54. The maximum atomic E-state index is 13.1. The maximum absolute atomic E-state index is 13.1. The zero-order chi connectivity index (χ0) is 26.2. The van der Waals surface area contributed by atoms with Crippen molar-refractivity contribution in [2.45, 2.75) is 29.5 Å². The minimum absolute atomic E-state index is 0.169. The Bertz CT molecular complexity index is 1310. The quantitative estimate of drug-likeness (QED) is 0.158. The van der Waals surface area contributed by atoms with Gasteiger partial charge in [-0.1, -0.05) is 58.5 Å². The lowest BCUT2D eigenvalue weighted by atomic mass is 10.0. The largest absolute Gasteiger partial charge is 0.326 e. The van der Waals surface area contributed by atoms with Crippen molar-refractivity contribution >= 4 is 87.0 Å². The number of amides is 1. The first-order chi connectivity index (χ1) is 17.0. The first-order valence-electron chi connectivity index (χ1n) is 10.9. The molecule has 1 amide bonds. The van der Waals surface area contributed by atoms with Crippen molar-refractivity contribution in [1.82, 2.24) is 0 Å². The molecule has 0 heterocycles. The number of hydrogen-bond donors (Lipinski definition) is 1. The van der Waals surface area contributed by atoms with Crippen LogP contribution in [0, 0.1) is 11.7 Å². The van der Waals surface area contributed by atoms with Crippen molar-refractivity contribution in [1.29, 1.82) is 0 Å². The molecule has 1 fully saturated rings. The van der Waals surface area contributed by atoms with Crippen LogP contribution in [0.25, 0.3) is 0 Å². The number of hydrogen-bond acceptors (Lipinski definition) is 2. The Morgan fingerprint density at radius 2 is 1.53 bits per heavy atom. The lowest BCUT2D eigenvalue weighted by molar-refractivity contribution is -0.117. The Balaban J connectivity index is 1.42. The third-order valence-electron chi connectivity index (χ3n) is 6.02. The molecule has 1 aliphatic carbocycles. The summed E-state index contributed by atoms with van der Waals surface area (Å²) in [4.78, 5) is 25.8. The summed E-state index contributed by atoms with van der Waals surface area (Å²) in [5, 5.41) is 3.71. The van der Waals surface area contributed by atoms with E-state index in [-0.39, 0.29) is 38.1 Å². The first kappa shape index (κ1) is 27.5. The van der Waals surface area contributed by atoms with Crippen LogP contribution in [0.2, 0.25) is 20.1 Å². The Morgan fingerprint density at radius 3 is 2.17 bits per heavy atom. The molecule has 3 nitrogen and oxygen atoms in total. The summed E-state index contributed by atoms with van der Waals surface area (Å²) in [5.74, 6) is -2.23. The number of alkyl halides is 2. The van der Waals surface area contributed by atoms with E-state index < -0.39 is 22.1 Å². The highest BCUT2D eigenvalue weighted by atomic mass is 35.5. The number of benzene rings is 3. The summed E-state index contributed by atoms with van der Waals surface area (Å²) in [5.41, 5.74) is 2.20. The highest BCUT2D eigenvalue weighted by Gasteiger charge is 2.67. The molecule has 1 saturated carbocycles. The number of carbonyl (C=O) groups is 2. The fraction of sp³-hybridized carbons (Fsp3) is 0.231. The number of Topliss-reactive ketones (excluding diaryl/α,β-unsaturated/α-hetero) is 1. The lowest BCUT2D eigenvalue weighted by Crippen LogP contribution is -2.17. The van der Waals surface area contributed by atoms with E-state index in [2.05, 4.69) is 5.32 Å². The van der Waals surface area contributed by atoms with Gasteiger partial charge in [-0.3, -0.25) is 9.59 Å². The fourth-order valence-electron chi connectivity index (χ4n) is 4.10. The van der Waals surface area contributed by atoms with E-state index >= 15 is 0 Å². The second-order valence-corrected chi connectivity index (χ2v) is 11.6. The zero-order valence-corrected chi connectivity index (χ0v) is 23.0. The molecule has 0 bridgehead atoms. The Hall–Kier alpha value is -1.53. The predicted molar refractivity (Wildman–Crippen MR) is 146 cm³/mol. The molecular formula is C26H18Cl6FNO2. The summed E-state index contributed by atoms with van der Waals surface area (Å²) in [6, 6.07) is 14.0. The standard InChI is InChI=1S/C26H18Cl6FNO2/c27-18-9-8-16(12-17(18)21(35)3-1-2-13-4-6-15(33)7-5-13)34-25(36)23-22(26(23,31)32)14-10-19(28)24(30)20(29)11-14/h4-12,22-23H,1-3H2,(H,34,36). The number of aryl methyl sites for hydroxylation is 1. The second-order valence-electron chi connectivity index (χ2n) is 8.52. The monoisotopic (exact) mass is 605 g/mol. The van der Waals surface area contributed by atoms with E-state index in [1.54, 1.807) is 36.4 Å². The number of halogens is 7. The van der Waals surface area contributed by atoms with Gasteiger partial charge in [-0.15, -0.1) is 23.2 Å². The van der Waals surface area contributed by atoms with Crippen LogP contribution in [0.15, 0.2) is 54.6 Å². The molecule has 4 rings (SSSR count).